The van der Waals surface area contributed by atoms with Crippen LogP contribution in [0.25, 0.3) is 22.0 Å². The van der Waals surface area contributed by atoms with Crippen LogP contribution in [0.1, 0.15) is 0 Å². The molecule has 140 valence electrons. The molecule has 0 fully saturated rings. The van der Waals surface area contributed by atoms with Crippen molar-refractivity contribution in [1.29, 1.82) is 0 Å². The minimum atomic E-state index is -0.499. The highest BCUT2D eigenvalue weighted by Gasteiger charge is 2.19. The molecule has 0 amide bonds. The Morgan fingerprint density at radius 3 is 2.68 bits per heavy atom. The van der Waals surface area contributed by atoms with Crippen LogP contribution in [0.4, 0.5) is 17.2 Å². The summed E-state index contributed by atoms with van der Waals surface area (Å²) in [5.74, 6) is 0.431. The van der Waals surface area contributed by atoms with Gasteiger partial charge in [0.2, 0.25) is 0 Å². The summed E-state index contributed by atoms with van der Waals surface area (Å²) in [5, 5.41) is 15.7. The van der Waals surface area contributed by atoms with Gasteiger partial charge in [0.05, 0.1) is 4.92 Å². The van der Waals surface area contributed by atoms with Gasteiger partial charge in [-0.25, -0.2) is 4.98 Å². The van der Waals surface area contributed by atoms with Crippen LogP contribution in [-0.4, -0.2) is 19.5 Å². The van der Waals surface area contributed by atoms with Gasteiger partial charge in [-0.15, -0.1) is 0 Å². The molecule has 0 bridgehead atoms. The summed E-state index contributed by atoms with van der Waals surface area (Å²) in [6, 6.07) is 10.2. The van der Waals surface area contributed by atoms with E-state index in [4.69, 9.17) is 11.6 Å². The van der Waals surface area contributed by atoms with Gasteiger partial charge in [0.15, 0.2) is 0 Å². The van der Waals surface area contributed by atoms with Crippen molar-refractivity contribution in [2.75, 3.05) is 5.32 Å². The quantitative estimate of drug-likeness (QED) is 0.397. The second-order valence-electron chi connectivity index (χ2n) is 6.20. The first kappa shape index (κ1) is 17.7. The molecule has 4 aromatic rings. The van der Waals surface area contributed by atoms with Crippen molar-refractivity contribution in [3.63, 3.8) is 0 Å². The van der Waals surface area contributed by atoms with Crippen LogP contribution >= 0.6 is 11.6 Å². The zero-order valence-corrected chi connectivity index (χ0v) is 15.4. The first-order valence-electron chi connectivity index (χ1n) is 8.28. The standard InChI is InChI=1S/C19H14ClN5O3/c1-24-10-16(14-6-7-21-19(26)17(14)24)15-8-13(25(27)28)9-22-18(15)23-12-4-2-11(20)3-5-12/h2-10H,1H3,(H,21,26)(H,22,23). The molecular weight excluding hydrogens is 382 g/mol. The molecule has 8 nitrogen and oxygen atoms in total. The number of rotatable bonds is 4. The van der Waals surface area contributed by atoms with E-state index in [1.807, 2.05) is 0 Å². The van der Waals surface area contributed by atoms with Gasteiger partial charge >= 0.3 is 0 Å². The van der Waals surface area contributed by atoms with Crippen molar-refractivity contribution < 1.29 is 4.92 Å². The van der Waals surface area contributed by atoms with Crippen LogP contribution in [0.15, 0.2) is 59.8 Å². The average Bonchev–Trinajstić information content (AvgIpc) is 3.01. The third kappa shape index (κ3) is 3.10. The van der Waals surface area contributed by atoms with E-state index in [1.165, 1.54) is 12.3 Å². The molecule has 4 rings (SSSR count). The lowest BCUT2D eigenvalue weighted by atomic mass is 10.1. The monoisotopic (exact) mass is 395 g/mol. The van der Waals surface area contributed by atoms with Crippen LogP contribution in [-0.2, 0) is 7.05 Å². The van der Waals surface area contributed by atoms with Crippen molar-refractivity contribution in [2.24, 2.45) is 7.05 Å². The number of pyridine rings is 2. The molecule has 0 aliphatic heterocycles. The lowest BCUT2D eigenvalue weighted by Gasteiger charge is -2.11. The third-order valence-electron chi connectivity index (χ3n) is 4.38. The summed E-state index contributed by atoms with van der Waals surface area (Å²) in [5.41, 5.74) is 2.00. The highest BCUT2D eigenvalue weighted by molar-refractivity contribution is 6.30. The fraction of sp³-hybridized carbons (Fsp3) is 0.0526. The maximum absolute atomic E-state index is 12.2. The van der Waals surface area contributed by atoms with Gasteiger partial charge in [0.1, 0.15) is 17.5 Å². The summed E-state index contributed by atoms with van der Waals surface area (Å²) >= 11 is 5.93. The Labute approximate surface area is 163 Å². The Balaban J connectivity index is 1.93. The molecule has 0 aliphatic carbocycles. The summed E-state index contributed by atoms with van der Waals surface area (Å²) < 4.78 is 1.69. The number of nitro groups is 1. The van der Waals surface area contributed by atoms with E-state index in [1.54, 1.807) is 54.3 Å². The summed E-state index contributed by atoms with van der Waals surface area (Å²) in [4.78, 5) is 29.9. The van der Waals surface area contributed by atoms with Gasteiger partial charge in [0.25, 0.3) is 11.2 Å². The number of anilines is 2. The normalized spacial score (nSPS) is 10.9. The first-order valence-corrected chi connectivity index (χ1v) is 8.66. The van der Waals surface area contributed by atoms with E-state index in [2.05, 4.69) is 15.3 Å². The van der Waals surface area contributed by atoms with Crippen molar-refractivity contribution in [1.82, 2.24) is 14.5 Å². The smallest absolute Gasteiger partial charge is 0.288 e. The number of halogens is 1. The molecule has 1 aromatic carbocycles. The van der Waals surface area contributed by atoms with Crippen molar-refractivity contribution in [3.8, 4) is 11.1 Å². The lowest BCUT2D eigenvalue weighted by molar-refractivity contribution is -0.385. The number of hydrogen-bond acceptors (Lipinski definition) is 5. The van der Waals surface area contributed by atoms with E-state index in [0.29, 0.717) is 32.9 Å². The largest absolute Gasteiger partial charge is 0.345 e. The Bertz CT molecular complexity index is 1260. The van der Waals surface area contributed by atoms with Crippen molar-refractivity contribution >= 4 is 39.7 Å². The lowest BCUT2D eigenvalue weighted by Crippen LogP contribution is -2.07. The maximum atomic E-state index is 12.2. The van der Waals surface area contributed by atoms with Gasteiger partial charge < -0.3 is 14.9 Å². The first-order chi connectivity index (χ1) is 13.4. The Morgan fingerprint density at radius 1 is 1.21 bits per heavy atom. The zero-order valence-electron chi connectivity index (χ0n) is 14.6. The molecule has 0 unspecified atom stereocenters. The highest BCUT2D eigenvalue weighted by Crippen LogP contribution is 2.36. The van der Waals surface area contributed by atoms with Crippen LogP contribution in [0.5, 0.6) is 0 Å². The Kier molecular flexibility index (Phi) is 4.32. The SMILES string of the molecule is Cn1cc(-c2cc([N+](=O)[O-])cnc2Nc2ccc(Cl)cc2)c2cc[nH]c(=O)c21. The number of hydrogen-bond donors (Lipinski definition) is 2. The molecule has 2 N–H and O–H groups in total. The van der Waals surface area contributed by atoms with Gasteiger partial charge in [0, 0.05) is 52.7 Å². The fourth-order valence-corrected chi connectivity index (χ4v) is 3.23. The fourth-order valence-electron chi connectivity index (χ4n) is 3.11. The van der Waals surface area contributed by atoms with Gasteiger partial charge in [-0.1, -0.05) is 11.6 Å². The number of H-pyrrole nitrogens is 1. The number of aromatic nitrogens is 3. The minimum absolute atomic E-state index is 0.140. The second-order valence-corrected chi connectivity index (χ2v) is 6.64. The van der Waals surface area contributed by atoms with E-state index in [-0.39, 0.29) is 11.2 Å². The molecule has 0 saturated heterocycles. The maximum Gasteiger partial charge on any atom is 0.288 e. The number of nitrogens with zero attached hydrogens (tertiary/aromatic N) is 3. The van der Waals surface area contributed by atoms with Crippen LogP contribution in [0.2, 0.25) is 5.02 Å². The molecular formula is C19H14ClN5O3. The molecule has 0 radical (unpaired) electrons. The molecule has 9 heteroatoms. The zero-order chi connectivity index (χ0) is 19.8. The molecule has 0 spiro atoms. The molecule has 3 aromatic heterocycles. The predicted molar refractivity (Wildman–Crippen MR) is 108 cm³/mol. The molecule has 3 heterocycles. The molecule has 0 aliphatic rings. The van der Waals surface area contributed by atoms with Crippen LogP contribution < -0.4 is 10.9 Å². The number of aryl methyl sites for hydroxylation is 1. The summed E-state index contributed by atoms with van der Waals surface area (Å²) in [6.07, 6.45) is 4.50. The summed E-state index contributed by atoms with van der Waals surface area (Å²) in [7, 11) is 1.75. The Hall–Kier alpha value is -3.65. The van der Waals surface area contributed by atoms with E-state index >= 15 is 0 Å². The van der Waals surface area contributed by atoms with Crippen molar-refractivity contribution in [2.45, 2.75) is 0 Å². The third-order valence-corrected chi connectivity index (χ3v) is 4.63. The van der Waals surface area contributed by atoms with Gasteiger partial charge in [-0.05, 0) is 30.3 Å². The topological polar surface area (TPSA) is 106 Å². The number of aromatic amines is 1. The summed E-state index contributed by atoms with van der Waals surface area (Å²) in [6.45, 7) is 0. The second kappa shape index (κ2) is 6.82. The predicted octanol–water partition coefficient (Wildman–Crippen LogP) is 4.23. The van der Waals surface area contributed by atoms with Gasteiger partial charge in [-0.3, -0.25) is 14.9 Å². The number of nitrogens with one attached hydrogen (secondary N) is 2. The van der Waals surface area contributed by atoms with Crippen molar-refractivity contribution in [3.05, 3.63) is 80.5 Å². The number of benzene rings is 1. The average molecular weight is 396 g/mol. The van der Waals surface area contributed by atoms with E-state index in [9.17, 15) is 14.9 Å². The number of fused-ring (bicyclic) bond motifs is 1. The Morgan fingerprint density at radius 2 is 1.96 bits per heavy atom. The van der Waals surface area contributed by atoms with Crippen LogP contribution in [0.3, 0.4) is 0 Å². The van der Waals surface area contributed by atoms with E-state index < -0.39 is 4.92 Å². The molecule has 28 heavy (non-hydrogen) atoms. The van der Waals surface area contributed by atoms with Gasteiger partial charge in [-0.2, -0.15) is 0 Å². The highest BCUT2D eigenvalue weighted by atomic mass is 35.5. The molecule has 0 atom stereocenters. The van der Waals surface area contributed by atoms with E-state index in [0.717, 1.165) is 5.69 Å². The van der Waals surface area contributed by atoms with Crippen LogP contribution in [0, 0.1) is 10.1 Å². The minimum Gasteiger partial charge on any atom is -0.345 e. The molecule has 0 saturated carbocycles.